The first-order valence-corrected chi connectivity index (χ1v) is 12.3. The second-order valence-electron chi connectivity index (χ2n) is 9.93. The normalized spacial score (nSPS) is 21.5. The van der Waals surface area contributed by atoms with E-state index in [4.69, 9.17) is 9.47 Å². The third-order valence-corrected chi connectivity index (χ3v) is 7.20. The number of ether oxygens (including phenoxy) is 2. The van der Waals surface area contributed by atoms with Crippen LogP contribution in [0.5, 0.6) is 5.75 Å². The van der Waals surface area contributed by atoms with Crippen LogP contribution in [-0.4, -0.2) is 90.1 Å². The van der Waals surface area contributed by atoms with E-state index >= 15 is 0 Å². The van der Waals surface area contributed by atoms with Crippen molar-refractivity contribution in [3.8, 4) is 5.75 Å². The predicted octanol–water partition coefficient (Wildman–Crippen LogP) is 3.86. The quantitative estimate of drug-likeness (QED) is 0.453. The number of rotatable bonds is 10. The number of aromatic amines is 1. The smallest absolute Gasteiger partial charge is 0.283 e. The Morgan fingerprint density at radius 2 is 2.00 bits per heavy atom. The number of nitrogens with zero attached hydrogens (tertiary/aromatic N) is 4. The van der Waals surface area contributed by atoms with Gasteiger partial charge in [-0.15, -0.1) is 0 Å². The summed E-state index contributed by atoms with van der Waals surface area (Å²) in [6.45, 7) is 3.37. The first-order valence-electron chi connectivity index (χ1n) is 12.3. The largest absolute Gasteiger partial charge is 0.491 e. The molecule has 1 aromatic carbocycles. The number of hydrogen-bond donors (Lipinski definition) is 1. The zero-order valence-corrected chi connectivity index (χ0v) is 20.6. The summed E-state index contributed by atoms with van der Waals surface area (Å²) in [4.78, 5) is 8.63. The van der Waals surface area contributed by atoms with Crippen LogP contribution in [0.3, 0.4) is 0 Å². The fourth-order valence-electron chi connectivity index (χ4n) is 5.41. The molecule has 5 rings (SSSR count). The number of alkyl halides is 3. The lowest BCUT2D eigenvalue weighted by Gasteiger charge is -2.43. The van der Waals surface area contributed by atoms with Gasteiger partial charge in [0.2, 0.25) is 0 Å². The Balaban J connectivity index is 1.39. The average Bonchev–Trinajstić information content (AvgIpc) is 3.31. The molecule has 10 heteroatoms. The van der Waals surface area contributed by atoms with Gasteiger partial charge in [0, 0.05) is 44.1 Å². The molecule has 1 saturated heterocycles. The Labute approximate surface area is 208 Å². The number of aromatic nitrogens is 3. The monoisotopic (exact) mass is 503 g/mol. The number of methoxy groups -OCH3 is 1. The van der Waals surface area contributed by atoms with Crippen LogP contribution >= 0.6 is 0 Å². The van der Waals surface area contributed by atoms with Gasteiger partial charge in [0.05, 0.1) is 42.9 Å². The molecule has 3 aromatic rings. The van der Waals surface area contributed by atoms with E-state index in [9.17, 15) is 13.2 Å². The summed E-state index contributed by atoms with van der Waals surface area (Å²) in [5, 5.41) is 8.19. The maximum atomic E-state index is 14.8. The number of hydrogen-bond acceptors (Lipinski definition) is 6. The van der Waals surface area contributed by atoms with E-state index in [1.807, 2.05) is 36.1 Å². The third-order valence-electron chi connectivity index (χ3n) is 7.20. The molecule has 1 N–H and O–H groups in total. The molecule has 2 aliphatic heterocycles. The molecule has 4 heterocycles. The molecular weight excluding hydrogens is 471 g/mol. The van der Waals surface area contributed by atoms with Gasteiger partial charge in [-0.1, -0.05) is 6.07 Å². The van der Waals surface area contributed by atoms with Crippen LogP contribution in [0.1, 0.15) is 29.8 Å². The molecule has 1 fully saturated rings. The van der Waals surface area contributed by atoms with Crippen LogP contribution in [0, 0.1) is 5.92 Å². The van der Waals surface area contributed by atoms with Crippen molar-refractivity contribution in [2.45, 2.75) is 31.4 Å². The summed E-state index contributed by atoms with van der Waals surface area (Å²) in [7, 11) is 1.29. The fraction of sp³-hybridized carbons (Fsp3) is 0.538. The van der Waals surface area contributed by atoms with E-state index in [-0.39, 0.29) is 18.6 Å². The van der Waals surface area contributed by atoms with Gasteiger partial charge in [0.15, 0.2) is 0 Å². The predicted molar refractivity (Wildman–Crippen MR) is 130 cm³/mol. The number of nitrogens with one attached hydrogen (secondary N) is 1. The maximum Gasteiger partial charge on any atom is 0.283 e. The molecule has 0 amide bonds. The van der Waals surface area contributed by atoms with Crippen molar-refractivity contribution in [1.82, 2.24) is 25.0 Å². The maximum absolute atomic E-state index is 14.8. The highest BCUT2D eigenvalue weighted by Crippen LogP contribution is 2.41. The van der Waals surface area contributed by atoms with Gasteiger partial charge in [0.1, 0.15) is 19.0 Å². The molecule has 7 nitrogen and oxygen atoms in total. The Hall–Kier alpha value is -2.69. The fourth-order valence-corrected chi connectivity index (χ4v) is 5.41. The van der Waals surface area contributed by atoms with Gasteiger partial charge in [-0.3, -0.25) is 24.3 Å². The minimum Gasteiger partial charge on any atom is -0.491 e. The minimum atomic E-state index is -3.00. The Bertz CT molecular complexity index is 1170. The van der Waals surface area contributed by atoms with Gasteiger partial charge in [-0.25, -0.2) is 8.78 Å². The highest BCUT2D eigenvalue weighted by molar-refractivity contribution is 5.83. The SMILES string of the molecule is COCC(F)(F)CN1[C@H](c2ccc(OCCN3CC(CF)C3)cn2)c2ccc3[nH]ncc3c2C[C@H]1C. The standard InChI is InChI=1S/C26H32F3N5O2/c1-17-9-21-20(4-6-23-22(21)12-31-32-23)25(34(17)15-26(28,29)16-35-2)24-5-3-19(11-30-24)36-8-7-33-13-18(10-27)14-33/h3-6,11-12,17-18,25H,7-10,13-16H2,1-2H3,(H,31,32)/t17-,25+/m1/s1. The molecular formula is C26H32F3N5O2. The zero-order valence-electron chi connectivity index (χ0n) is 20.6. The summed E-state index contributed by atoms with van der Waals surface area (Å²) in [5.41, 5.74) is 3.67. The second kappa shape index (κ2) is 10.4. The highest BCUT2D eigenvalue weighted by atomic mass is 19.3. The van der Waals surface area contributed by atoms with Crippen LogP contribution in [0.15, 0.2) is 36.7 Å². The molecule has 0 saturated carbocycles. The molecule has 36 heavy (non-hydrogen) atoms. The van der Waals surface area contributed by atoms with Gasteiger partial charge in [-0.2, -0.15) is 5.10 Å². The zero-order chi connectivity index (χ0) is 25.3. The van der Waals surface area contributed by atoms with E-state index in [2.05, 4.69) is 20.1 Å². The number of H-pyrrole nitrogens is 1. The number of fused-ring (bicyclic) bond motifs is 3. The summed E-state index contributed by atoms with van der Waals surface area (Å²) in [5.74, 6) is -2.24. The van der Waals surface area contributed by atoms with Crippen molar-refractivity contribution >= 4 is 10.9 Å². The number of likely N-dealkylation sites (tertiary alicyclic amines) is 1. The van der Waals surface area contributed by atoms with Crippen LogP contribution in [0.4, 0.5) is 13.2 Å². The van der Waals surface area contributed by atoms with E-state index < -0.39 is 25.1 Å². The van der Waals surface area contributed by atoms with Crippen LogP contribution < -0.4 is 4.74 Å². The van der Waals surface area contributed by atoms with Gasteiger partial charge >= 0.3 is 0 Å². The Morgan fingerprint density at radius 3 is 2.72 bits per heavy atom. The van der Waals surface area contributed by atoms with E-state index in [1.54, 1.807) is 12.4 Å². The number of benzene rings is 1. The van der Waals surface area contributed by atoms with Crippen molar-refractivity contribution in [2.75, 3.05) is 53.2 Å². The van der Waals surface area contributed by atoms with Crippen molar-refractivity contribution < 1.29 is 22.6 Å². The van der Waals surface area contributed by atoms with Crippen molar-refractivity contribution in [1.29, 1.82) is 0 Å². The van der Waals surface area contributed by atoms with Crippen LogP contribution in [0.25, 0.3) is 10.9 Å². The van der Waals surface area contributed by atoms with Crippen LogP contribution in [0.2, 0.25) is 0 Å². The molecule has 2 aliphatic rings. The van der Waals surface area contributed by atoms with E-state index in [1.165, 1.54) is 7.11 Å². The summed E-state index contributed by atoms with van der Waals surface area (Å²) in [6, 6.07) is 7.02. The van der Waals surface area contributed by atoms with Crippen molar-refractivity contribution in [3.05, 3.63) is 53.5 Å². The molecule has 0 radical (unpaired) electrons. The molecule has 0 unspecified atom stereocenters. The van der Waals surface area contributed by atoms with Gasteiger partial charge < -0.3 is 9.47 Å². The first kappa shape index (κ1) is 25.0. The number of pyridine rings is 1. The van der Waals surface area contributed by atoms with Gasteiger partial charge in [0.25, 0.3) is 5.92 Å². The molecule has 0 aliphatic carbocycles. The molecule has 0 spiro atoms. The highest BCUT2D eigenvalue weighted by Gasteiger charge is 2.41. The Kier molecular flexibility index (Phi) is 7.18. The van der Waals surface area contributed by atoms with E-state index in [0.717, 1.165) is 41.7 Å². The summed E-state index contributed by atoms with van der Waals surface area (Å²) >= 11 is 0. The topological polar surface area (TPSA) is 66.5 Å². The summed E-state index contributed by atoms with van der Waals surface area (Å²) in [6.07, 6.45) is 4.08. The molecule has 2 aromatic heterocycles. The first-order chi connectivity index (χ1) is 17.4. The summed E-state index contributed by atoms with van der Waals surface area (Å²) < 4.78 is 52.7. The number of halogens is 3. The lowest BCUT2D eigenvalue weighted by atomic mass is 9.85. The Morgan fingerprint density at radius 1 is 1.17 bits per heavy atom. The lowest BCUT2D eigenvalue weighted by Crippen LogP contribution is -2.49. The molecule has 0 bridgehead atoms. The van der Waals surface area contributed by atoms with E-state index in [0.29, 0.717) is 24.5 Å². The molecule has 194 valence electrons. The van der Waals surface area contributed by atoms with Crippen molar-refractivity contribution in [2.24, 2.45) is 5.92 Å². The minimum absolute atomic E-state index is 0.145. The second-order valence-corrected chi connectivity index (χ2v) is 9.93. The van der Waals surface area contributed by atoms with Crippen molar-refractivity contribution in [3.63, 3.8) is 0 Å². The van der Waals surface area contributed by atoms with Gasteiger partial charge in [-0.05, 0) is 42.7 Å². The third kappa shape index (κ3) is 5.07. The van der Waals surface area contributed by atoms with Crippen LogP contribution in [-0.2, 0) is 11.2 Å². The lowest BCUT2D eigenvalue weighted by molar-refractivity contribution is -0.0963. The average molecular weight is 504 g/mol. The molecule has 2 atom stereocenters.